The van der Waals surface area contributed by atoms with E-state index < -0.39 is 27.1 Å². The minimum Gasteiger partial charge on any atom is -0.404 e. The van der Waals surface area contributed by atoms with E-state index in [-0.39, 0.29) is 35.0 Å². The van der Waals surface area contributed by atoms with E-state index in [0.29, 0.717) is 17.0 Å². The maximum absolute atomic E-state index is 14.1. The first-order chi connectivity index (χ1) is 22.9. The van der Waals surface area contributed by atoms with Crippen LogP contribution in [-0.2, 0) is 21.2 Å². The van der Waals surface area contributed by atoms with Crippen molar-refractivity contribution < 1.29 is 13.2 Å². The van der Waals surface area contributed by atoms with Crippen LogP contribution in [0.2, 0.25) is 0 Å². The Balaban J connectivity index is 1.49. The van der Waals surface area contributed by atoms with Gasteiger partial charge < -0.3 is 26.2 Å². The molecule has 4 N–H and O–H groups in total. The molecular formula is C35H42N8O4S. The summed E-state index contributed by atoms with van der Waals surface area (Å²) in [6.07, 6.45) is 4.78. The van der Waals surface area contributed by atoms with Gasteiger partial charge >= 0.3 is 0 Å². The van der Waals surface area contributed by atoms with Crippen LogP contribution in [0, 0.1) is 0 Å². The second-order valence-corrected chi connectivity index (χ2v) is 14.3. The van der Waals surface area contributed by atoms with Gasteiger partial charge in [-0.3, -0.25) is 14.2 Å². The summed E-state index contributed by atoms with van der Waals surface area (Å²) in [5.41, 5.74) is 8.43. The quantitative estimate of drug-likeness (QED) is 0.190. The summed E-state index contributed by atoms with van der Waals surface area (Å²) in [7, 11) is 1.35. The Hall–Kier alpha value is -4.85. The zero-order valence-corrected chi connectivity index (χ0v) is 28.3. The van der Waals surface area contributed by atoms with Crippen molar-refractivity contribution in [2.75, 3.05) is 57.2 Å². The third kappa shape index (κ3) is 8.16. The largest absolute Gasteiger partial charge is 0.404 e. The van der Waals surface area contributed by atoms with E-state index in [1.54, 1.807) is 31.3 Å². The predicted octanol–water partition coefficient (Wildman–Crippen LogP) is 3.45. The Morgan fingerprint density at radius 3 is 2.50 bits per heavy atom. The molecule has 1 saturated heterocycles. The normalized spacial score (nSPS) is 15.8. The third-order valence-electron chi connectivity index (χ3n) is 8.29. The number of piperidine rings is 1. The highest BCUT2D eigenvalue weighted by molar-refractivity contribution is 8.06. The zero-order chi connectivity index (χ0) is 34.4. The van der Waals surface area contributed by atoms with Gasteiger partial charge in [-0.1, -0.05) is 36.9 Å². The molecule has 252 valence electrons. The van der Waals surface area contributed by atoms with Gasteiger partial charge in [-0.25, -0.2) is 13.4 Å². The number of aromatic nitrogens is 3. The number of anilines is 3. The molecule has 0 spiro atoms. The number of fused-ring (bicyclic) bond motifs is 1. The van der Waals surface area contributed by atoms with Crippen molar-refractivity contribution in [2.45, 2.75) is 25.4 Å². The minimum atomic E-state index is -4.20. The second kappa shape index (κ2) is 14.9. The van der Waals surface area contributed by atoms with E-state index in [1.807, 2.05) is 54.6 Å². The van der Waals surface area contributed by atoms with Gasteiger partial charge in [-0.05, 0) is 82.0 Å². The first-order valence-electron chi connectivity index (χ1n) is 15.7. The Morgan fingerprint density at radius 2 is 1.83 bits per heavy atom. The molecule has 3 heterocycles. The molecule has 5 rings (SSSR count). The van der Waals surface area contributed by atoms with Crippen molar-refractivity contribution in [1.29, 1.82) is 0 Å². The van der Waals surface area contributed by atoms with Crippen LogP contribution in [0.3, 0.4) is 0 Å². The Bertz CT molecular complexity index is 1990. The van der Waals surface area contributed by atoms with Crippen LogP contribution in [-0.4, -0.2) is 90.4 Å². The van der Waals surface area contributed by atoms with Crippen LogP contribution in [0.5, 0.6) is 0 Å². The van der Waals surface area contributed by atoms with Crippen LogP contribution in [0.4, 0.5) is 17.3 Å². The molecular weight excluding hydrogens is 629 g/mol. The SMILES string of the molecule is C=C(c1ccccc1)c1cc2cnc(Nc3ccc(NC4CCCN(C)C4)cc3)nc2n(CC(=CN)C(=O)S(=O)(=O)CCN(C)C)c1=O. The summed E-state index contributed by atoms with van der Waals surface area (Å²) in [6, 6.07) is 19.0. The van der Waals surface area contributed by atoms with Crippen molar-refractivity contribution in [3.8, 4) is 0 Å². The van der Waals surface area contributed by atoms with Crippen molar-refractivity contribution in [1.82, 2.24) is 24.3 Å². The highest BCUT2D eigenvalue weighted by Crippen LogP contribution is 2.25. The average Bonchev–Trinajstić information content (AvgIpc) is 3.07. The summed E-state index contributed by atoms with van der Waals surface area (Å²) in [5, 5.41) is 6.13. The summed E-state index contributed by atoms with van der Waals surface area (Å²) < 4.78 is 27.1. The molecule has 0 bridgehead atoms. The van der Waals surface area contributed by atoms with Crippen molar-refractivity contribution in [3.05, 3.63) is 107 Å². The molecule has 0 amide bonds. The summed E-state index contributed by atoms with van der Waals surface area (Å²) >= 11 is 0. The van der Waals surface area contributed by atoms with Gasteiger partial charge in [0.2, 0.25) is 15.8 Å². The smallest absolute Gasteiger partial charge is 0.275 e. The number of rotatable bonds is 12. The Morgan fingerprint density at radius 1 is 1.12 bits per heavy atom. The number of benzene rings is 2. The fourth-order valence-corrected chi connectivity index (χ4v) is 6.95. The van der Waals surface area contributed by atoms with Crippen LogP contribution in [0.1, 0.15) is 24.0 Å². The molecule has 1 aliphatic rings. The molecule has 48 heavy (non-hydrogen) atoms. The maximum Gasteiger partial charge on any atom is 0.275 e. The number of nitrogens with two attached hydrogens (primary N) is 1. The Labute approximate surface area is 280 Å². The molecule has 1 unspecified atom stereocenters. The summed E-state index contributed by atoms with van der Waals surface area (Å²) in [4.78, 5) is 40.5. The van der Waals surface area contributed by atoms with E-state index in [9.17, 15) is 18.0 Å². The van der Waals surface area contributed by atoms with Crippen LogP contribution < -0.4 is 21.9 Å². The first-order valence-corrected chi connectivity index (χ1v) is 17.4. The highest BCUT2D eigenvalue weighted by atomic mass is 32.2. The molecule has 13 heteroatoms. The summed E-state index contributed by atoms with van der Waals surface area (Å²) in [6.45, 7) is 5.99. The number of carbonyl (C=O) groups excluding carboxylic acids is 1. The topological polar surface area (TPSA) is 156 Å². The number of nitrogens with zero attached hydrogens (tertiary/aromatic N) is 5. The number of hydrogen-bond donors (Lipinski definition) is 3. The van der Waals surface area contributed by atoms with E-state index in [2.05, 4.69) is 39.1 Å². The fraction of sp³-hybridized carbons (Fsp3) is 0.314. The van der Waals surface area contributed by atoms with Crippen LogP contribution in [0.15, 0.2) is 90.0 Å². The molecule has 1 atom stereocenters. The van der Waals surface area contributed by atoms with E-state index >= 15 is 0 Å². The van der Waals surface area contributed by atoms with E-state index in [1.165, 1.54) is 4.57 Å². The molecule has 1 aliphatic heterocycles. The lowest BCUT2D eigenvalue weighted by molar-refractivity contribution is -0.108. The average molecular weight is 671 g/mol. The van der Waals surface area contributed by atoms with Crippen molar-refractivity contribution >= 4 is 48.9 Å². The monoisotopic (exact) mass is 670 g/mol. The molecule has 2 aromatic heterocycles. The molecule has 2 aromatic carbocycles. The predicted molar refractivity (Wildman–Crippen MR) is 192 cm³/mol. The lowest BCUT2D eigenvalue weighted by Crippen LogP contribution is -2.39. The highest BCUT2D eigenvalue weighted by Gasteiger charge is 2.27. The minimum absolute atomic E-state index is 0.151. The number of pyridine rings is 1. The van der Waals surface area contributed by atoms with Crippen molar-refractivity contribution in [2.24, 2.45) is 5.73 Å². The van der Waals surface area contributed by atoms with Crippen molar-refractivity contribution in [3.63, 3.8) is 0 Å². The van der Waals surface area contributed by atoms with Gasteiger partial charge in [-0.15, -0.1) is 0 Å². The fourth-order valence-electron chi connectivity index (χ4n) is 5.63. The molecule has 0 radical (unpaired) electrons. The van der Waals surface area contributed by atoms with Gasteiger partial charge in [0.1, 0.15) is 5.65 Å². The van der Waals surface area contributed by atoms with E-state index in [0.717, 1.165) is 49.1 Å². The molecule has 0 saturated carbocycles. The molecule has 4 aromatic rings. The maximum atomic E-state index is 14.1. The number of sulfone groups is 1. The molecule has 1 fully saturated rings. The van der Waals surface area contributed by atoms with Gasteiger partial charge in [-0.2, -0.15) is 4.98 Å². The summed E-state index contributed by atoms with van der Waals surface area (Å²) in [5.74, 6) is -0.179. The third-order valence-corrected chi connectivity index (χ3v) is 9.84. The van der Waals surface area contributed by atoms with Crippen LogP contribution >= 0.6 is 0 Å². The van der Waals surface area contributed by atoms with Gasteiger partial charge in [0.25, 0.3) is 10.7 Å². The number of likely N-dealkylation sites (tertiary alicyclic amines) is 1. The number of likely N-dealkylation sites (N-methyl/N-ethyl adjacent to an activating group) is 1. The molecule has 0 aliphatic carbocycles. The second-order valence-electron chi connectivity index (χ2n) is 12.3. The first kappa shape index (κ1) is 34.5. The lowest BCUT2D eigenvalue weighted by Gasteiger charge is -2.30. The zero-order valence-electron chi connectivity index (χ0n) is 27.5. The molecule has 12 nitrogen and oxygen atoms in total. The number of carbonyl (C=O) groups is 1. The Kier molecular flexibility index (Phi) is 10.7. The van der Waals surface area contributed by atoms with Gasteiger partial charge in [0.05, 0.1) is 12.3 Å². The van der Waals surface area contributed by atoms with Gasteiger partial charge in [0, 0.05) is 59.4 Å². The lowest BCUT2D eigenvalue weighted by atomic mass is 10.00. The van der Waals surface area contributed by atoms with Gasteiger partial charge in [0.15, 0.2) is 0 Å². The number of hydrogen-bond acceptors (Lipinski definition) is 11. The number of nitrogens with one attached hydrogen (secondary N) is 2. The van der Waals surface area contributed by atoms with Crippen LogP contribution in [0.25, 0.3) is 16.6 Å². The standard InChI is InChI=1S/C35H42N8O4S/c1-24(25-9-6-5-7-10-25)31-19-26-21-37-35(39-29-14-12-28(13-15-29)38-30-11-8-16-42(4)23-30)40-32(26)43(33(31)44)22-27(20-36)34(45)48(46,47)18-17-41(2)3/h5-7,9-10,12-15,19-21,30,38H,1,8,11,16-18,22-23,36H2,2-4H3,(H,37,39,40). The van der Waals surface area contributed by atoms with E-state index in [4.69, 9.17) is 5.73 Å².